The van der Waals surface area contributed by atoms with Crippen molar-refractivity contribution in [2.24, 2.45) is 0 Å². The molecule has 0 fully saturated rings. The summed E-state index contributed by atoms with van der Waals surface area (Å²) in [6.45, 7) is 0.641. The predicted molar refractivity (Wildman–Crippen MR) is 66.7 cm³/mol. The number of hydrogen-bond acceptors (Lipinski definition) is 6. The first-order valence-electron chi connectivity index (χ1n) is 4.89. The van der Waals surface area contributed by atoms with Crippen LogP contribution >= 0.6 is 22.9 Å². The molecule has 0 spiro atoms. The van der Waals surface area contributed by atoms with E-state index in [4.69, 9.17) is 11.6 Å². The van der Waals surface area contributed by atoms with Gasteiger partial charge in [-0.1, -0.05) is 11.6 Å². The van der Waals surface area contributed by atoms with Gasteiger partial charge >= 0.3 is 0 Å². The Hall–Kier alpha value is -1.53. The molecule has 0 aliphatic carbocycles. The largest absolute Gasteiger partial charge is 0.369 e. The van der Waals surface area contributed by atoms with Crippen molar-refractivity contribution in [1.29, 1.82) is 0 Å². The van der Waals surface area contributed by atoms with E-state index in [0.717, 1.165) is 11.4 Å². The Morgan fingerprint density at radius 2 is 2.29 bits per heavy atom. The molecule has 0 aliphatic rings. The van der Waals surface area contributed by atoms with Crippen molar-refractivity contribution in [2.45, 2.75) is 6.42 Å². The van der Waals surface area contributed by atoms with Gasteiger partial charge in [0.2, 0.25) is 0 Å². The highest BCUT2D eigenvalue weighted by Crippen LogP contribution is 2.17. The van der Waals surface area contributed by atoms with Crippen LogP contribution in [0.3, 0.4) is 0 Å². The molecule has 0 atom stereocenters. The van der Waals surface area contributed by atoms with Crippen LogP contribution in [0.25, 0.3) is 0 Å². The Kier molecular flexibility index (Phi) is 4.00. The standard InChI is InChI=1S/C10H9ClN4OS/c11-9-7(5-16)10(15-6-14-9)13-2-1-8-12-3-4-17-8/h3-6H,1-2H2,(H,13,14,15). The summed E-state index contributed by atoms with van der Waals surface area (Å²) in [4.78, 5) is 22.7. The second kappa shape index (κ2) is 5.70. The Morgan fingerprint density at radius 3 is 3.00 bits per heavy atom. The van der Waals surface area contributed by atoms with E-state index in [1.165, 1.54) is 6.33 Å². The highest BCUT2D eigenvalue weighted by Gasteiger charge is 2.08. The number of carbonyl (C=O) groups excluding carboxylic acids is 1. The first-order valence-corrected chi connectivity index (χ1v) is 6.15. The van der Waals surface area contributed by atoms with E-state index in [-0.39, 0.29) is 10.7 Å². The van der Waals surface area contributed by atoms with Gasteiger partial charge in [-0.2, -0.15) is 0 Å². The molecule has 88 valence electrons. The average molecular weight is 269 g/mol. The Labute approximate surface area is 107 Å². The van der Waals surface area contributed by atoms with Crippen LogP contribution in [0.15, 0.2) is 17.9 Å². The summed E-state index contributed by atoms with van der Waals surface area (Å²) in [5.41, 5.74) is 0.285. The molecule has 0 radical (unpaired) electrons. The molecule has 2 aromatic heterocycles. The number of carbonyl (C=O) groups is 1. The van der Waals surface area contributed by atoms with E-state index < -0.39 is 0 Å². The van der Waals surface area contributed by atoms with Crippen LogP contribution < -0.4 is 5.32 Å². The lowest BCUT2D eigenvalue weighted by Gasteiger charge is -2.06. The third kappa shape index (κ3) is 2.98. The van der Waals surface area contributed by atoms with Crippen LogP contribution in [-0.2, 0) is 6.42 Å². The number of halogens is 1. The molecule has 2 aromatic rings. The fraction of sp³-hybridized carbons (Fsp3) is 0.200. The van der Waals surface area contributed by atoms with Gasteiger partial charge < -0.3 is 5.32 Å². The third-order valence-corrected chi connectivity index (χ3v) is 3.21. The van der Waals surface area contributed by atoms with E-state index in [9.17, 15) is 4.79 Å². The highest BCUT2D eigenvalue weighted by atomic mass is 35.5. The van der Waals surface area contributed by atoms with Crippen LogP contribution in [0.4, 0.5) is 5.82 Å². The summed E-state index contributed by atoms with van der Waals surface area (Å²) in [5.74, 6) is 0.455. The van der Waals surface area contributed by atoms with Gasteiger partial charge in [-0.3, -0.25) is 4.79 Å². The molecule has 0 bridgehead atoms. The first kappa shape index (κ1) is 11.9. The van der Waals surface area contributed by atoms with Crippen molar-refractivity contribution in [3.8, 4) is 0 Å². The zero-order valence-electron chi connectivity index (χ0n) is 8.76. The molecule has 0 amide bonds. The summed E-state index contributed by atoms with van der Waals surface area (Å²) in [6.07, 6.45) is 4.51. The van der Waals surface area contributed by atoms with E-state index in [1.54, 1.807) is 17.5 Å². The smallest absolute Gasteiger partial charge is 0.156 e. The van der Waals surface area contributed by atoms with Crippen molar-refractivity contribution in [3.05, 3.63) is 33.6 Å². The summed E-state index contributed by atoms with van der Waals surface area (Å²) in [6, 6.07) is 0. The van der Waals surface area contributed by atoms with Crippen LogP contribution in [0, 0.1) is 0 Å². The van der Waals surface area contributed by atoms with Crippen molar-refractivity contribution in [1.82, 2.24) is 15.0 Å². The zero-order chi connectivity index (χ0) is 12.1. The lowest BCUT2D eigenvalue weighted by molar-refractivity contribution is 0.112. The lowest BCUT2D eigenvalue weighted by atomic mass is 10.3. The molecular formula is C10H9ClN4OS. The summed E-state index contributed by atoms with van der Waals surface area (Å²) < 4.78 is 0. The van der Waals surface area contributed by atoms with Gasteiger partial charge in [0.05, 0.1) is 10.6 Å². The number of aromatic nitrogens is 3. The van der Waals surface area contributed by atoms with E-state index in [0.29, 0.717) is 18.6 Å². The van der Waals surface area contributed by atoms with Gasteiger partial charge in [0.25, 0.3) is 0 Å². The van der Waals surface area contributed by atoms with Crippen molar-refractivity contribution in [3.63, 3.8) is 0 Å². The maximum atomic E-state index is 10.8. The number of nitrogens with one attached hydrogen (secondary N) is 1. The van der Waals surface area contributed by atoms with Crippen molar-refractivity contribution in [2.75, 3.05) is 11.9 Å². The monoisotopic (exact) mass is 268 g/mol. The number of anilines is 1. The first-order chi connectivity index (χ1) is 8.31. The normalized spacial score (nSPS) is 10.2. The minimum Gasteiger partial charge on any atom is -0.369 e. The number of thiazole rings is 1. The van der Waals surface area contributed by atoms with Crippen LogP contribution in [0.2, 0.25) is 5.15 Å². The predicted octanol–water partition coefficient (Wildman–Crippen LogP) is 2.05. The molecule has 2 heterocycles. The molecule has 1 N–H and O–H groups in total. The average Bonchev–Trinajstić information content (AvgIpc) is 2.82. The Morgan fingerprint density at radius 1 is 1.41 bits per heavy atom. The molecule has 5 nitrogen and oxygen atoms in total. The van der Waals surface area contributed by atoms with E-state index >= 15 is 0 Å². The topological polar surface area (TPSA) is 67.8 Å². The van der Waals surface area contributed by atoms with Crippen molar-refractivity contribution < 1.29 is 4.79 Å². The van der Waals surface area contributed by atoms with E-state index in [1.807, 2.05) is 5.38 Å². The second-order valence-corrected chi connectivity index (χ2v) is 4.48. The van der Waals surface area contributed by atoms with Crippen LogP contribution in [0.5, 0.6) is 0 Å². The fourth-order valence-corrected chi connectivity index (χ4v) is 2.08. The van der Waals surface area contributed by atoms with Gasteiger partial charge in [-0.15, -0.1) is 11.3 Å². The van der Waals surface area contributed by atoms with Crippen LogP contribution in [0.1, 0.15) is 15.4 Å². The number of rotatable bonds is 5. The minimum atomic E-state index is 0.159. The molecule has 0 aromatic carbocycles. The maximum absolute atomic E-state index is 10.8. The minimum absolute atomic E-state index is 0.159. The van der Waals surface area contributed by atoms with Gasteiger partial charge in [0, 0.05) is 24.5 Å². The quantitative estimate of drug-likeness (QED) is 0.664. The third-order valence-electron chi connectivity index (χ3n) is 2.07. The highest BCUT2D eigenvalue weighted by molar-refractivity contribution is 7.09. The maximum Gasteiger partial charge on any atom is 0.156 e. The van der Waals surface area contributed by atoms with Gasteiger partial charge in [-0.05, 0) is 0 Å². The Bertz CT molecular complexity index is 503. The summed E-state index contributed by atoms with van der Waals surface area (Å²) in [7, 11) is 0. The molecule has 0 saturated carbocycles. The molecule has 0 unspecified atom stereocenters. The number of aldehydes is 1. The number of hydrogen-bond donors (Lipinski definition) is 1. The second-order valence-electron chi connectivity index (χ2n) is 3.15. The fourth-order valence-electron chi connectivity index (χ4n) is 1.28. The SMILES string of the molecule is O=Cc1c(Cl)ncnc1NCCc1nccs1. The zero-order valence-corrected chi connectivity index (χ0v) is 10.3. The lowest BCUT2D eigenvalue weighted by Crippen LogP contribution is -2.09. The molecule has 7 heteroatoms. The van der Waals surface area contributed by atoms with Gasteiger partial charge in [0.15, 0.2) is 6.29 Å². The van der Waals surface area contributed by atoms with Crippen molar-refractivity contribution >= 4 is 35.0 Å². The molecule has 0 saturated heterocycles. The van der Waals surface area contributed by atoms with Gasteiger partial charge in [0.1, 0.15) is 17.3 Å². The molecular weight excluding hydrogens is 260 g/mol. The molecule has 0 aliphatic heterocycles. The summed E-state index contributed by atoms with van der Waals surface area (Å²) >= 11 is 7.37. The molecule has 2 rings (SSSR count). The Balaban J connectivity index is 1.99. The van der Waals surface area contributed by atoms with E-state index in [2.05, 4.69) is 20.3 Å². The van der Waals surface area contributed by atoms with Gasteiger partial charge in [-0.25, -0.2) is 15.0 Å². The van der Waals surface area contributed by atoms with Crippen LogP contribution in [-0.4, -0.2) is 27.8 Å². The molecule has 17 heavy (non-hydrogen) atoms. The summed E-state index contributed by atoms with van der Waals surface area (Å²) in [5, 5.41) is 6.16. The number of nitrogens with zero attached hydrogens (tertiary/aromatic N) is 3.